The third kappa shape index (κ3) is 6.76. The van der Waals surface area contributed by atoms with Crippen LogP contribution in [0.2, 0.25) is 0 Å². The van der Waals surface area contributed by atoms with E-state index in [0.29, 0.717) is 35.4 Å². The highest BCUT2D eigenvalue weighted by Gasteiger charge is 2.27. The Balaban J connectivity index is 0.00000441. The number of ether oxygens (including phenoxy) is 1. The van der Waals surface area contributed by atoms with E-state index in [0.717, 1.165) is 17.0 Å². The molecule has 210 valence electrons. The number of halogens is 1. The molecular weight excluding hydrogens is 530 g/mol. The summed E-state index contributed by atoms with van der Waals surface area (Å²) in [6.45, 7) is 4.57. The average Bonchev–Trinajstić information content (AvgIpc) is 3.27. The van der Waals surface area contributed by atoms with Crippen LogP contribution < -0.4 is 16.0 Å². The number of hydrogen-bond acceptors (Lipinski definition) is 7. The van der Waals surface area contributed by atoms with Gasteiger partial charge < -0.3 is 20.4 Å². The molecule has 1 amide bonds. The highest BCUT2D eigenvalue weighted by Crippen LogP contribution is 2.22. The van der Waals surface area contributed by atoms with E-state index in [2.05, 4.69) is 10.3 Å². The summed E-state index contributed by atoms with van der Waals surface area (Å²) < 4.78 is 7.21. The third-order valence-corrected chi connectivity index (χ3v) is 6.55. The summed E-state index contributed by atoms with van der Waals surface area (Å²) in [7, 11) is 1.93. The van der Waals surface area contributed by atoms with Crippen molar-refractivity contribution in [2.75, 3.05) is 23.4 Å². The van der Waals surface area contributed by atoms with Gasteiger partial charge in [0, 0.05) is 36.6 Å². The van der Waals surface area contributed by atoms with Crippen molar-refractivity contribution < 1.29 is 14.3 Å². The fourth-order valence-corrected chi connectivity index (χ4v) is 4.29. The number of rotatable bonds is 11. The molecule has 0 aliphatic rings. The van der Waals surface area contributed by atoms with Gasteiger partial charge >= 0.3 is 5.97 Å². The van der Waals surface area contributed by atoms with Gasteiger partial charge in [0.25, 0.3) is 5.91 Å². The summed E-state index contributed by atoms with van der Waals surface area (Å²) in [5, 5.41) is 10.9. The lowest BCUT2D eigenvalue weighted by atomic mass is 10.1. The fraction of sp³-hybridized carbons (Fsp3) is 0.276. The molecule has 0 saturated heterocycles. The molecule has 10 nitrogen and oxygen atoms in total. The second-order valence-corrected chi connectivity index (χ2v) is 9.10. The number of nitrogen functional groups attached to an aromatic ring is 1. The lowest BCUT2D eigenvalue weighted by Crippen LogP contribution is -2.39. The number of esters is 1. The average molecular weight is 564 g/mol. The fourth-order valence-electron chi connectivity index (χ4n) is 4.29. The van der Waals surface area contributed by atoms with Gasteiger partial charge in [-0.1, -0.05) is 13.0 Å². The number of carbonyl (C=O) groups is 2. The van der Waals surface area contributed by atoms with Gasteiger partial charge in [-0.2, -0.15) is 0 Å². The molecule has 0 aliphatic heterocycles. The van der Waals surface area contributed by atoms with Crippen LogP contribution in [0.3, 0.4) is 0 Å². The first-order chi connectivity index (χ1) is 18.8. The first-order valence-corrected chi connectivity index (χ1v) is 12.9. The maximum Gasteiger partial charge on any atom is 0.310 e. The minimum Gasteiger partial charge on any atom is -0.466 e. The van der Waals surface area contributed by atoms with Gasteiger partial charge in [0.1, 0.15) is 17.5 Å². The van der Waals surface area contributed by atoms with Crippen molar-refractivity contribution in [1.82, 2.24) is 14.5 Å². The maximum atomic E-state index is 13.8. The molecule has 11 heteroatoms. The van der Waals surface area contributed by atoms with Crippen molar-refractivity contribution in [3.8, 4) is 0 Å². The number of aromatic nitrogens is 3. The maximum absolute atomic E-state index is 13.8. The van der Waals surface area contributed by atoms with E-state index in [1.807, 2.05) is 42.8 Å². The molecule has 0 radical (unpaired) electrons. The predicted octanol–water partition coefficient (Wildman–Crippen LogP) is 4.52. The van der Waals surface area contributed by atoms with Crippen molar-refractivity contribution in [2.24, 2.45) is 18.7 Å². The minimum absolute atomic E-state index is 0. The predicted molar refractivity (Wildman–Crippen MR) is 159 cm³/mol. The zero-order chi connectivity index (χ0) is 27.9. The number of anilines is 2. The van der Waals surface area contributed by atoms with Gasteiger partial charge in [-0.25, -0.2) is 9.97 Å². The van der Waals surface area contributed by atoms with Crippen molar-refractivity contribution in [3.05, 3.63) is 83.8 Å². The Morgan fingerprint density at radius 1 is 1.10 bits per heavy atom. The standard InChI is InChI=1S/C29H33N7O3.ClH/c1-4-19(29(38)39-5-2)18-36(25-8-6-7-15-32-25)28(37)21-11-14-24-23(16-21)34-26(35(24)3)17-33-22-12-9-20(10-13-22)27(30)31;/h6-16,19,33H,4-5,17-18H2,1-3H3,(H3,30,31);1H. The van der Waals surface area contributed by atoms with Gasteiger partial charge in [0.15, 0.2) is 0 Å². The molecule has 2 heterocycles. The molecule has 1 unspecified atom stereocenters. The number of nitrogens with two attached hydrogens (primary N) is 1. The molecule has 0 saturated carbocycles. The smallest absolute Gasteiger partial charge is 0.310 e. The number of benzene rings is 2. The SMILES string of the molecule is CCOC(=O)C(CC)CN(C(=O)c1ccc2c(c1)nc(CNc1ccc(C(=N)N)cc1)n2C)c1ccccn1.Cl. The summed E-state index contributed by atoms with van der Waals surface area (Å²) in [5.41, 5.74) is 9.09. The quantitative estimate of drug-likeness (QED) is 0.138. The Bertz CT molecular complexity index is 1470. The van der Waals surface area contributed by atoms with Crippen molar-refractivity contribution >= 4 is 52.7 Å². The molecule has 40 heavy (non-hydrogen) atoms. The molecular formula is C29H34ClN7O3. The first-order valence-electron chi connectivity index (χ1n) is 12.9. The minimum atomic E-state index is -0.475. The van der Waals surface area contributed by atoms with Crippen molar-refractivity contribution in [1.29, 1.82) is 5.41 Å². The molecule has 4 aromatic rings. The Hall–Kier alpha value is -4.44. The molecule has 0 fully saturated rings. The molecule has 0 aliphatic carbocycles. The Kier molecular flexibility index (Phi) is 10.2. The van der Waals surface area contributed by atoms with Crippen LogP contribution in [0.25, 0.3) is 11.0 Å². The highest BCUT2D eigenvalue weighted by molar-refractivity contribution is 6.07. The Morgan fingerprint density at radius 3 is 2.45 bits per heavy atom. The van der Waals surface area contributed by atoms with Gasteiger partial charge in [0.05, 0.1) is 30.1 Å². The van der Waals surface area contributed by atoms with E-state index < -0.39 is 5.92 Å². The zero-order valence-corrected chi connectivity index (χ0v) is 23.6. The van der Waals surface area contributed by atoms with E-state index in [1.165, 1.54) is 4.90 Å². The van der Waals surface area contributed by atoms with Crippen LogP contribution in [-0.2, 0) is 23.1 Å². The number of hydrogen-bond donors (Lipinski definition) is 3. The van der Waals surface area contributed by atoms with E-state index in [4.69, 9.17) is 20.9 Å². The molecule has 2 aromatic carbocycles. The lowest BCUT2D eigenvalue weighted by molar-refractivity contribution is -0.147. The van der Waals surface area contributed by atoms with Crippen LogP contribution in [0, 0.1) is 11.3 Å². The largest absolute Gasteiger partial charge is 0.466 e. The van der Waals surface area contributed by atoms with E-state index in [9.17, 15) is 9.59 Å². The van der Waals surface area contributed by atoms with Crippen molar-refractivity contribution in [2.45, 2.75) is 26.8 Å². The number of carbonyl (C=O) groups excluding carboxylic acids is 2. The summed E-state index contributed by atoms with van der Waals surface area (Å²) in [5.74, 6) is 0.204. The number of aryl methyl sites for hydroxylation is 1. The molecule has 4 rings (SSSR count). The second-order valence-electron chi connectivity index (χ2n) is 9.10. The van der Waals surface area contributed by atoms with E-state index in [1.54, 1.807) is 49.5 Å². The number of nitrogens with zero attached hydrogens (tertiary/aromatic N) is 4. The third-order valence-electron chi connectivity index (χ3n) is 6.55. The van der Waals surface area contributed by atoms with Gasteiger partial charge in [-0.3, -0.25) is 19.9 Å². The van der Waals surface area contributed by atoms with Crippen molar-refractivity contribution in [3.63, 3.8) is 0 Å². The number of amides is 1. The van der Waals surface area contributed by atoms with Crippen LogP contribution in [0.1, 0.15) is 42.0 Å². The molecule has 0 spiro atoms. The van der Waals surface area contributed by atoms with Crippen LogP contribution >= 0.6 is 12.4 Å². The summed E-state index contributed by atoms with van der Waals surface area (Å²) in [4.78, 5) is 36.9. The van der Waals surface area contributed by atoms with Gasteiger partial charge in [-0.15, -0.1) is 12.4 Å². The molecule has 0 bridgehead atoms. The number of imidazole rings is 1. The van der Waals surface area contributed by atoms with E-state index in [-0.39, 0.29) is 43.3 Å². The van der Waals surface area contributed by atoms with Gasteiger partial charge in [0.2, 0.25) is 0 Å². The second kappa shape index (κ2) is 13.6. The number of fused-ring (bicyclic) bond motifs is 1. The number of amidine groups is 1. The van der Waals surface area contributed by atoms with Gasteiger partial charge in [-0.05, 0) is 67.9 Å². The molecule has 1 atom stereocenters. The molecule has 2 aromatic heterocycles. The Labute approximate surface area is 239 Å². The van der Waals surface area contributed by atoms with Crippen LogP contribution in [0.5, 0.6) is 0 Å². The summed E-state index contributed by atoms with van der Waals surface area (Å²) in [6.07, 6.45) is 2.15. The summed E-state index contributed by atoms with van der Waals surface area (Å²) >= 11 is 0. The van der Waals surface area contributed by atoms with Crippen LogP contribution in [-0.4, -0.2) is 45.4 Å². The van der Waals surface area contributed by atoms with E-state index >= 15 is 0 Å². The number of nitrogens with one attached hydrogen (secondary N) is 2. The lowest BCUT2D eigenvalue weighted by Gasteiger charge is -2.25. The number of pyridine rings is 1. The monoisotopic (exact) mass is 563 g/mol. The Morgan fingerprint density at radius 2 is 1.82 bits per heavy atom. The molecule has 4 N–H and O–H groups in total. The highest BCUT2D eigenvalue weighted by atomic mass is 35.5. The van der Waals surface area contributed by atoms with Crippen LogP contribution in [0.4, 0.5) is 11.5 Å². The summed E-state index contributed by atoms with van der Waals surface area (Å²) in [6, 6.07) is 18.1. The van der Waals surface area contributed by atoms with Crippen LogP contribution in [0.15, 0.2) is 66.9 Å². The zero-order valence-electron chi connectivity index (χ0n) is 22.8. The normalized spacial score (nSPS) is 11.4. The first kappa shape index (κ1) is 30.1. The topological polar surface area (TPSA) is 139 Å².